The highest BCUT2D eigenvalue weighted by Gasteiger charge is 2.24. The Bertz CT molecular complexity index is 356. The molecule has 1 aliphatic rings. The highest BCUT2D eigenvalue weighted by Crippen LogP contribution is 2.18. The second kappa shape index (κ2) is 6.54. The minimum absolute atomic E-state index is 0.0481. The molecule has 18 heavy (non-hydrogen) atoms. The van der Waals surface area contributed by atoms with Crippen molar-refractivity contribution in [3.63, 3.8) is 0 Å². The summed E-state index contributed by atoms with van der Waals surface area (Å²) < 4.78 is 6.89. The number of carbonyl (C=O) groups excluding carboxylic acids is 1. The zero-order valence-corrected chi connectivity index (χ0v) is 10.9. The number of rotatable bonds is 5. The number of carbonyl (C=O) groups is 1. The summed E-state index contributed by atoms with van der Waals surface area (Å²) in [5, 5.41) is 0. The van der Waals surface area contributed by atoms with Crippen molar-refractivity contribution in [3.05, 3.63) is 18.7 Å². The molecule has 5 nitrogen and oxygen atoms in total. The van der Waals surface area contributed by atoms with Crippen LogP contribution in [0.25, 0.3) is 0 Å². The predicted molar refractivity (Wildman–Crippen MR) is 68.0 cm³/mol. The van der Waals surface area contributed by atoms with Crippen LogP contribution in [-0.4, -0.2) is 47.2 Å². The first-order valence-electron chi connectivity index (χ1n) is 6.55. The van der Waals surface area contributed by atoms with E-state index in [1.807, 2.05) is 18.7 Å². The number of piperidine rings is 1. The Kier molecular flexibility index (Phi) is 4.75. The van der Waals surface area contributed by atoms with Gasteiger partial charge in [-0.3, -0.25) is 4.79 Å². The van der Waals surface area contributed by atoms with Crippen molar-refractivity contribution in [2.24, 2.45) is 5.92 Å². The van der Waals surface area contributed by atoms with Crippen LogP contribution in [0, 0.1) is 5.92 Å². The maximum Gasteiger partial charge on any atom is 0.308 e. The van der Waals surface area contributed by atoms with Gasteiger partial charge in [0.25, 0.3) is 0 Å². The summed E-state index contributed by atoms with van der Waals surface area (Å²) in [6, 6.07) is 0. The van der Waals surface area contributed by atoms with Crippen LogP contribution in [0.3, 0.4) is 0 Å². The number of imidazole rings is 1. The Balaban J connectivity index is 1.63. The Morgan fingerprint density at radius 3 is 2.78 bits per heavy atom. The number of hydrogen-bond donors (Lipinski definition) is 0. The van der Waals surface area contributed by atoms with Crippen LogP contribution < -0.4 is 0 Å². The normalized spacial score (nSPS) is 17.8. The molecule has 0 atom stereocenters. The van der Waals surface area contributed by atoms with Crippen LogP contribution in [0.4, 0.5) is 0 Å². The zero-order chi connectivity index (χ0) is 12.8. The molecule has 0 spiro atoms. The highest BCUT2D eigenvalue weighted by molar-refractivity contribution is 5.72. The van der Waals surface area contributed by atoms with E-state index in [-0.39, 0.29) is 11.9 Å². The van der Waals surface area contributed by atoms with E-state index in [0.29, 0.717) is 0 Å². The average Bonchev–Trinajstić information content (AvgIpc) is 2.92. The third-order valence-electron chi connectivity index (χ3n) is 3.57. The number of aryl methyl sites for hydroxylation is 1. The fraction of sp³-hybridized carbons (Fsp3) is 0.692. The molecule has 1 saturated heterocycles. The molecule has 0 N–H and O–H groups in total. The van der Waals surface area contributed by atoms with Gasteiger partial charge in [0.1, 0.15) is 0 Å². The molecule has 0 radical (unpaired) electrons. The summed E-state index contributed by atoms with van der Waals surface area (Å²) >= 11 is 0. The summed E-state index contributed by atoms with van der Waals surface area (Å²) in [5.74, 6) is 0.0629. The Morgan fingerprint density at radius 1 is 1.39 bits per heavy atom. The summed E-state index contributed by atoms with van der Waals surface area (Å²) in [4.78, 5) is 17.8. The summed E-state index contributed by atoms with van der Waals surface area (Å²) in [6.07, 6.45) is 8.63. The topological polar surface area (TPSA) is 47.4 Å². The lowest BCUT2D eigenvalue weighted by Gasteiger charge is -2.30. The lowest BCUT2D eigenvalue weighted by atomic mass is 9.97. The number of nitrogens with zero attached hydrogens (tertiary/aromatic N) is 3. The van der Waals surface area contributed by atoms with Gasteiger partial charge in [0.15, 0.2) is 0 Å². The van der Waals surface area contributed by atoms with Gasteiger partial charge in [0.2, 0.25) is 0 Å². The molecule has 1 aromatic rings. The second-order valence-electron chi connectivity index (χ2n) is 4.79. The van der Waals surface area contributed by atoms with Gasteiger partial charge in [0.05, 0.1) is 19.4 Å². The molecule has 100 valence electrons. The van der Waals surface area contributed by atoms with E-state index in [1.165, 1.54) is 7.11 Å². The van der Waals surface area contributed by atoms with Crippen LogP contribution in [0.1, 0.15) is 19.3 Å². The first kappa shape index (κ1) is 13.1. The molecule has 0 aliphatic carbocycles. The van der Waals surface area contributed by atoms with Gasteiger partial charge in [-0.05, 0) is 38.9 Å². The molecule has 0 amide bonds. The summed E-state index contributed by atoms with van der Waals surface area (Å²) in [6.45, 7) is 4.11. The van der Waals surface area contributed by atoms with Crippen LogP contribution in [0.5, 0.6) is 0 Å². The Labute approximate surface area is 108 Å². The molecule has 0 aromatic carbocycles. The number of likely N-dealkylation sites (tertiary alicyclic amines) is 1. The van der Waals surface area contributed by atoms with Crippen LogP contribution in [-0.2, 0) is 16.1 Å². The highest BCUT2D eigenvalue weighted by atomic mass is 16.5. The van der Waals surface area contributed by atoms with Crippen LogP contribution in [0.2, 0.25) is 0 Å². The smallest absolute Gasteiger partial charge is 0.308 e. The number of ether oxygens (including phenoxy) is 1. The van der Waals surface area contributed by atoms with Crippen molar-refractivity contribution in [1.29, 1.82) is 0 Å². The summed E-state index contributed by atoms with van der Waals surface area (Å²) in [5.41, 5.74) is 0. The van der Waals surface area contributed by atoms with Gasteiger partial charge in [-0.2, -0.15) is 0 Å². The van der Waals surface area contributed by atoms with Gasteiger partial charge >= 0.3 is 5.97 Å². The minimum Gasteiger partial charge on any atom is -0.469 e. The molecule has 1 aliphatic heterocycles. The molecule has 0 saturated carbocycles. The first-order chi connectivity index (χ1) is 8.79. The molecule has 2 rings (SSSR count). The molecular formula is C13H21N3O2. The SMILES string of the molecule is COC(=O)C1CCN(CCCn2ccnc2)CC1. The number of hydrogen-bond acceptors (Lipinski definition) is 4. The van der Waals surface area contributed by atoms with Gasteiger partial charge in [0, 0.05) is 18.9 Å². The third-order valence-corrected chi connectivity index (χ3v) is 3.57. The molecular weight excluding hydrogens is 230 g/mol. The van der Waals surface area contributed by atoms with Crippen molar-refractivity contribution >= 4 is 5.97 Å². The lowest BCUT2D eigenvalue weighted by molar-refractivity contribution is -0.147. The van der Waals surface area contributed by atoms with Gasteiger partial charge in [-0.1, -0.05) is 0 Å². The largest absolute Gasteiger partial charge is 0.469 e. The quantitative estimate of drug-likeness (QED) is 0.737. The molecule has 0 unspecified atom stereocenters. The molecule has 1 aromatic heterocycles. The molecule has 2 heterocycles. The lowest BCUT2D eigenvalue weighted by Crippen LogP contribution is -2.37. The first-order valence-corrected chi connectivity index (χ1v) is 6.55. The number of aromatic nitrogens is 2. The molecule has 5 heteroatoms. The van der Waals surface area contributed by atoms with Crippen LogP contribution >= 0.6 is 0 Å². The summed E-state index contributed by atoms with van der Waals surface area (Å²) in [7, 11) is 1.47. The standard InChI is InChI=1S/C13H21N3O2/c1-18-13(17)12-3-8-15(9-4-12)6-2-7-16-10-5-14-11-16/h5,10-12H,2-4,6-9H2,1H3. The van der Waals surface area contributed by atoms with Gasteiger partial charge < -0.3 is 14.2 Å². The fourth-order valence-electron chi connectivity index (χ4n) is 2.45. The van der Waals surface area contributed by atoms with E-state index in [9.17, 15) is 4.79 Å². The van der Waals surface area contributed by atoms with Crippen molar-refractivity contribution in [1.82, 2.24) is 14.5 Å². The third kappa shape index (κ3) is 3.57. The number of esters is 1. The van der Waals surface area contributed by atoms with E-state index in [0.717, 1.165) is 45.4 Å². The maximum absolute atomic E-state index is 11.4. The molecule has 0 bridgehead atoms. The van der Waals surface area contributed by atoms with Gasteiger partial charge in [-0.15, -0.1) is 0 Å². The average molecular weight is 251 g/mol. The van der Waals surface area contributed by atoms with E-state index >= 15 is 0 Å². The van der Waals surface area contributed by atoms with E-state index in [4.69, 9.17) is 4.74 Å². The van der Waals surface area contributed by atoms with E-state index < -0.39 is 0 Å². The van der Waals surface area contributed by atoms with E-state index in [2.05, 4.69) is 14.5 Å². The fourth-order valence-corrected chi connectivity index (χ4v) is 2.45. The van der Waals surface area contributed by atoms with Crippen molar-refractivity contribution in [2.45, 2.75) is 25.8 Å². The minimum atomic E-state index is -0.0481. The predicted octanol–water partition coefficient (Wildman–Crippen LogP) is 1.16. The van der Waals surface area contributed by atoms with Crippen molar-refractivity contribution < 1.29 is 9.53 Å². The molecule has 1 fully saturated rings. The van der Waals surface area contributed by atoms with Gasteiger partial charge in [-0.25, -0.2) is 4.98 Å². The Morgan fingerprint density at radius 2 is 2.17 bits per heavy atom. The van der Waals surface area contributed by atoms with Crippen LogP contribution in [0.15, 0.2) is 18.7 Å². The zero-order valence-electron chi connectivity index (χ0n) is 10.9. The number of methoxy groups -OCH3 is 1. The second-order valence-corrected chi connectivity index (χ2v) is 4.79. The van der Waals surface area contributed by atoms with E-state index in [1.54, 1.807) is 0 Å². The Hall–Kier alpha value is -1.36. The maximum atomic E-state index is 11.4. The monoisotopic (exact) mass is 251 g/mol. The van der Waals surface area contributed by atoms with Crippen molar-refractivity contribution in [2.75, 3.05) is 26.7 Å². The van der Waals surface area contributed by atoms with Crippen molar-refractivity contribution in [3.8, 4) is 0 Å².